The van der Waals surface area contributed by atoms with Crippen molar-refractivity contribution in [3.63, 3.8) is 0 Å². The molecule has 0 spiro atoms. The second-order valence-electron chi connectivity index (χ2n) is 7.73. The van der Waals surface area contributed by atoms with Gasteiger partial charge in [0.25, 0.3) is 17.4 Å². The molecule has 3 aromatic carbocycles. The fraction of sp³-hybridized carbons (Fsp3) is 0.0833. The van der Waals surface area contributed by atoms with Crippen LogP contribution in [0.15, 0.2) is 59.7 Å². The minimum absolute atomic E-state index is 0.212. The molecule has 6 heteroatoms. The molecule has 144 valence electrons. The summed E-state index contributed by atoms with van der Waals surface area (Å²) in [5, 5.41) is 2.37. The molecule has 0 radical (unpaired) electrons. The molecule has 0 saturated carbocycles. The second-order valence-corrected chi connectivity index (χ2v) is 7.73. The van der Waals surface area contributed by atoms with Gasteiger partial charge in [-0.25, -0.2) is 9.88 Å². The summed E-state index contributed by atoms with van der Waals surface area (Å²) in [4.78, 5) is 45.5. The van der Waals surface area contributed by atoms with Crippen molar-refractivity contribution in [3.8, 4) is 0 Å². The zero-order valence-corrected chi connectivity index (χ0v) is 16.3. The number of nitrogens with zero attached hydrogens (tertiary/aromatic N) is 3. The highest BCUT2D eigenvalue weighted by Gasteiger charge is 2.36. The van der Waals surface area contributed by atoms with Crippen LogP contribution in [0.3, 0.4) is 0 Å². The van der Waals surface area contributed by atoms with E-state index in [-0.39, 0.29) is 17.4 Å². The number of anilines is 1. The van der Waals surface area contributed by atoms with Gasteiger partial charge in [0.05, 0.1) is 5.69 Å². The smallest absolute Gasteiger partial charge is 0.265 e. The number of hydrogen-bond acceptors (Lipinski definition) is 4. The summed E-state index contributed by atoms with van der Waals surface area (Å²) in [6.45, 7) is 3.80. The van der Waals surface area contributed by atoms with Crippen molar-refractivity contribution >= 4 is 44.7 Å². The number of carbonyl (C=O) groups excluding carboxylic acids is 2. The molecule has 6 rings (SSSR count). The van der Waals surface area contributed by atoms with Crippen LogP contribution in [0.1, 0.15) is 31.8 Å². The largest absolute Gasteiger partial charge is 0.268 e. The Bertz CT molecular complexity index is 1610. The number of pyridine rings is 1. The molecule has 0 fully saturated rings. The summed E-state index contributed by atoms with van der Waals surface area (Å²) in [5.41, 5.74) is 3.52. The highest BCUT2D eigenvalue weighted by atomic mass is 16.2. The van der Waals surface area contributed by atoms with Gasteiger partial charge in [0.1, 0.15) is 5.65 Å². The number of fused-ring (bicyclic) bond motifs is 2. The molecule has 3 heterocycles. The van der Waals surface area contributed by atoms with E-state index in [0.717, 1.165) is 16.5 Å². The Kier molecular flexibility index (Phi) is 3.09. The molecule has 5 aromatic rings. The van der Waals surface area contributed by atoms with Crippen LogP contribution in [-0.2, 0) is 0 Å². The number of rotatable bonds is 1. The molecule has 6 nitrogen and oxygen atoms in total. The lowest BCUT2D eigenvalue weighted by Gasteiger charge is -2.29. The van der Waals surface area contributed by atoms with Gasteiger partial charge in [-0.05, 0) is 55.3 Å². The number of carbonyl (C=O) groups is 2. The summed E-state index contributed by atoms with van der Waals surface area (Å²) in [7, 11) is 0. The van der Waals surface area contributed by atoms with Crippen molar-refractivity contribution in [1.29, 1.82) is 0 Å². The van der Waals surface area contributed by atoms with Gasteiger partial charge in [-0.15, -0.1) is 0 Å². The van der Waals surface area contributed by atoms with Crippen LogP contribution in [0.4, 0.5) is 5.69 Å². The van der Waals surface area contributed by atoms with Crippen LogP contribution < -0.4 is 10.5 Å². The van der Waals surface area contributed by atoms with E-state index in [1.807, 2.05) is 38.1 Å². The molecule has 2 aromatic heterocycles. The fourth-order valence-corrected chi connectivity index (χ4v) is 4.53. The highest BCUT2D eigenvalue weighted by Crippen LogP contribution is 2.38. The molecule has 0 N–H and O–H groups in total. The summed E-state index contributed by atoms with van der Waals surface area (Å²) in [5.74, 6) is -0.766. The van der Waals surface area contributed by atoms with Crippen LogP contribution in [0.5, 0.6) is 0 Å². The maximum absolute atomic E-state index is 13.5. The van der Waals surface area contributed by atoms with Crippen LogP contribution in [0, 0.1) is 13.8 Å². The first-order chi connectivity index (χ1) is 14.5. The van der Waals surface area contributed by atoms with Crippen molar-refractivity contribution in [2.45, 2.75) is 13.8 Å². The average molecular weight is 393 g/mol. The number of aromatic nitrogens is 2. The zero-order valence-electron chi connectivity index (χ0n) is 16.3. The Balaban J connectivity index is 1.74. The third-order valence-corrected chi connectivity index (χ3v) is 5.96. The lowest BCUT2D eigenvalue weighted by molar-refractivity contribution is 0.0893. The number of hydrogen-bond donors (Lipinski definition) is 0. The predicted molar refractivity (Wildman–Crippen MR) is 115 cm³/mol. The highest BCUT2D eigenvalue weighted by molar-refractivity contribution is 6.38. The standard InChI is InChI=1S/C24H15N3O3/c1-12-3-4-13(2)18(11-12)27-23(29)16-6-5-14-19-15(7-8-17(20(16)19)24(27)30)22(28)26-10-9-25-21(14)26/h3-11H,1-2H3. The monoisotopic (exact) mass is 393 g/mol. The van der Waals surface area contributed by atoms with E-state index in [9.17, 15) is 14.4 Å². The fourth-order valence-electron chi connectivity index (χ4n) is 4.53. The summed E-state index contributed by atoms with van der Waals surface area (Å²) >= 11 is 0. The average Bonchev–Trinajstić information content (AvgIpc) is 3.23. The first-order valence-electron chi connectivity index (χ1n) is 9.61. The van der Waals surface area contributed by atoms with E-state index >= 15 is 0 Å². The third-order valence-electron chi connectivity index (χ3n) is 5.96. The Morgan fingerprint density at radius 2 is 1.50 bits per heavy atom. The normalized spacial score (nSPS) is 13.9. The molecular formula is C24H15N3O3. The van der Waals surface area contributed by atoms with E-state index in [1.165, 1.54) is 9.30 Å². The third kappa shape index (κ3) is 1.92. The number of imidazole rings is 1. The van der Waals surface area contributed by atoms with E-state index < -0.39 is 0 Å². The minimum atomic E-state index is -0.383. The Morgan fingerprint density at radius 3 is 2.23 bits per heavy atom. The molecular weight excluding hydrogens is 378 g/mol. The maximum Gasteiger partial charge on any atom is 0.265 e. The molecule has 0 saturated heterocycles. The van der Waals surface area contributed by atoms with Gasteiger partial charge in [-0.2, -0.15) is 0 Å². The van der Waals surface area contributed by atoms with Gasteiger partial charge >= 0.3 is 0 Å². The van der Waals surface area contributed by atoms with E-state index in [2.05, 4.69) is 4.98 Å². The SMILES string of the molecule is Cc1ccc(C)c(N2C(=O)c3ccc4c(=O)n5ccnc5c5ccc(c3c45)C2=O)c1. The molecule has 1 aliphatic rings. The number of benzene rings is 3. The number of amides is 2. The molecule has 0 atom stereocenters. The number of aryl methyl sites for hydroxylation is 2. The lowest BCUT2D eigenvalue weighted by atomic mass is 9.89. The van der Waals surface area contributed by atoms with Crippen LogP contribution >= 0.6 is 0 Å². The maximum atomic E-state index is 13.5. The van der Waals surface area contributed by atoms with Crippen molar-refractivity contribution in [1.82, 2.24) is 9.38 Å². The topological polar surface area (TPSA) is 71.8 Å². The van der Waals surface area contributed by atoms with Gasteiger partial charge in [0, 0.05) is 45.1 Å². The summed E-state index contributed by atoms with van der Waals surface area (Å²) in [6, 6.07) is 12.6. The van der Waals surface area contributed by atoms with Crippen LogP contribution in [0.2, 0.25) is 0 Å². The first-order valence-corrected chi connectivity index (χ1v) is 9.61. The Labute approximate surface area is 170 Å². The second kappa shape index (κ2) is 5.51. The van der Waals surface area contributed by atoms with Gasteiger partial charge in [-0.3, -0.25) is 18.8 Å². The molecule has 2 amide bonds. The van der Waals surface area contributed by atoms with Crippen molar-refractivity contribution < 1.29 is 9.59 Å². The summed E-state index contributed by atoms with van der Waals surface area (Å²) < 4.78 is 1.49. The van der Waals surface area contributed by atoms with Gasteiger partial charge < -0.3 is 0 Å². The van der Waals surface area contributed by atoms with Crippen LogP contribution in [-0.4, -0.2) is 21.2 Å². The quantitative estimate of drug-likeness (QED) is 0.406. The van der Waals surface area contributed by atoms with E-state index in [0.29, 0.717) is 38.6 Å². The zero-order chi connectivity index (χ0) is 20.7. The van der Waals surface area contributed by atoms with Gasteiger partial charge in [-0.1, -0.05) is 12.1 Å². The molecule has 30 heavy (non-hydrogen) atoms. The molecule has 0 bridgehead atoms. The van der Waals surface area contributed by atoms with Gasteiger partial charge in [0.15, 0.2) is 0 Å². The van der Waals surface area contributed by atoms with Crippen molar-refractivity contribution in [2.24, 2.45) is 0 Å². The lowest BCUT2D eigenvalue weighted by Crippen LogP contribution is -2.41. The van der Waals surface area contributed by atoms with E-state index in [1.54, 1.807) is 30.6 Å². The predicted octanol–water partition coefficient (Wildman–Crippen LogP) is 3.86. The number of imide groups is 1. The Morgan fingerprint density at radius 1 is 0.800 bits per heavy atom. The van der Waals surface area contributed by atoms with Crippen LogP contribution in [0.25, 0.3) is 27.2 Å². The molecule has 1 aliphatic heterocycles. The van der Waals surface area contributed by atoms with Crippen molar-refractivity contribution in [2.75, 3.05) is 4.90 Å². The first kappa shape index (κ1) is 16.9. The van der Waals surface area contributed by atoms with Gasteiger partial charge in [0.2, 0.25) is 0 Å². The molecule has 0 unspecified atom stereocenters. The molecule has 0 aliphatic carbocycles. The minimum Gasteiger partial charge on any atom is -0.268 e. The van der Waals surface area contributed by atoms with Crippen molar-refractivity contribution in [3.05, 3.63) is 87.5 Å². The van der Waals surface area contributed by atoms with E-state index in [4.69, 9.17) is 0 Å². The summed E-state index contributed by atoms with van der Waals surface area (Å²) in [6.07, 6.45) is 3.20. The Hall–Kier alpha value is -4.06.